The molecule has 0 radical (unpaired) electrons. The summed E-state index contributed by atoms with van der Waals surface area (Å²) < 4.78 is 78.7. The fraction of sp³-hybridized carbons (Fsp3) is 0.0556. The monoisotopic (exact) mass is 628 g/mol. The highest BCUT2D eigenvalue weighted by Gasteiger charge is 2.31. The Morgan fingerprint density at radius 1 is 0.457 bits per heavy atom. The van der Waals surface area contributed by atoms with Crippen molar-refractivity contribution >= 4 is 44.7 Å². The number of alkyl halides is 6. The van der Waals surface area contributed by atoms with Crippen molar-refractivity contribution in [1.29, 1.82) is 0 Å². The SMILES string of the molecule is O=C(Nc1cccc(C(F)(F)F)c1)c1cccc2cc(-c3ccc4c(C(=O)Nc5cccc(C(F)(F)F)c5)cccc4c3)ccc12. The number of fused-ring (bicyclic) bond motifs is 2. The Hall–Kier alpha value is -5.64. The molecule has 0 saturated heterocycles. The molecule has 0 aliphatic carbocycles. The molecule has 0 unspecified atom stereocenters. The molecular weight excluding hydrogens is 606 g/mol. The van der Waals surface area contributed by atoms with Gasteiger partial charge in [0.2, 0.25) is 0 Å². The van der Waals surface area contributed by atoms with Crippen LogP contribution in [0.25, 0.3) is 32.7 Å². The molecule has 2 amide bonds. The average molecular weight is 629 g/mol. The van der Waals surface area contributed by atoms with Gasteiger partial charge in [0.1, 0.15) is 0 Å². The minimum Gasteiger partial charge on any atom is -0.322 e. The molecule has 0 aromatic heterocycles. The van der Waals surface area contributed by atoms with Crippen molar-refractivity contribution in [3.05, 3.63) is 144 Å². The number of anilines is 2. The van der Waals surface area contributed by atoms with Gasteiger partial charge in [-0.3, -0.25) is 9.59 Å². The van der Waals surface area contributed by atoms with Gasteiger partial charge in [-0.1, -0.05) is 60.7 Å². The second kappa shape index (κ2) is 11.7. The van der Waals surface area contributed by atoms with Crippen molar-refractivity contribution in [2.75, 3.05) is 10.6 Å². The second-order valence-electron chi connectivity index (χ2n) is 10.5. The molecule has 230 valence electrons. The normalized spacial score (nSPS) is 11.9. The largest absolute Gasteiger partial charge is 0.416 e. The van der Waals surface area contributed by atoms with Gasteiger partial charge in [0, 0.05) is 22.5 Å². The van der Waals surface area contributed by atoms with Crippen molar-refractivity contribution in [3.63, 3.8) is 0 Å². The highest BCUT2D eigenvalue weighted by atomic mass is 19.4. The van der Waals surface area contributed by atoms with Crippen molar-refractivity contribution in [3.8, 4) is 11.1 Å². The summed E-state index contributed by atoms with van der Waals surface area (Å²) >= 11 is 0. The molecule has 6 aromatic rings. The maximum absolute atomic E-state index is 13.1. The minimum atomic E-state index is -4.54. The molecule has 10 heteroatoms. The van der Waals surface area contributed by atoms with Crippen molar-refractivity contribution in [2.24, 2.45) is 0 Å². The molecule has 0 bridgehead atoms. The lowest BCUT2D eigenvalue weighted by atomic mass is 9.95. The van der Waals surface area contributed by atoms with Crippen LogP contribution in [-0.4, -0.2) is 11.8 Å². The third-order valence-electron chi connectivity index (χ3n) is 7.48. The number of benzene rings is 6. The van der Waals surface area contributed by atoms with Crippen molar-refractivity contribution in [1.82, 2.24) is 0 Å². The van der Waals surface area contributed by atoms with Crippen LogP contribution in [0.15, 0.2) is 121 Å². The fourth-order valence-corrected chi connectivity index (χ4v) is 5.27. The van der Waals surface area contributed by atoms with E-state index in [0.29, 0.717) is 10.8 Å². The fourth-order valence-electron chi connectivity index (χ4n) is 5.27. The lowest BCUT2D eigenvalue weighted by Crippen LogP contribution is -2.13. The molecule has 6 aromatic carbocycles. The van der Waals surface area contributed by atoms with E-state index in [0.717, 1.165) is 46.2 Å². The maximum atomic E-state index is 13.1. The van der Waals surface area contributed by atoms with E-state index in [1.54, 1.807) is 36.4 Å². The Kier molecular flexibility index (Phi) is 7.73. The Morgan fingerprint density at radius 2 is 0.848 bits per heavy atom. The smallest absolute Gasteiger partial charge is 0.322 e. The average Bonchev–Trinajstić information content (AvgIpc) is 3.03. The number of rotatable bonds is 5. The molecule has 0 fully saturated rings. The van der Waals surface area contributed by atoms with Gasteiger partial charge in [-0.05, 0) is 93.3 Å². The standard InChI is InChI=1S/C36H22F6N2O2/c37-35(38,39)25-7-3-9-27(19-25)43-33(45)31-11-1-5-23-17-21(13-15-29(23)31)22-14-16-30-24(18-22)6-2-12-32(30)34(46)44-28-10-4-8-26(20-28)36(40,41)42/h1-20H,(H,43,45)(H,44,46). The summed E-state index contributed by atoms with van der Waals surface area (Å²) in [5, 5.41) is 7.75. The maximum Gasteiger partial charge on any atom is 0.416 e. The van der Waals surface area contributed by atoms with Gasteiger partial charge in [0.05, 0.1) is 11.1 Å². The first-order valence-corrected chi connectivity index (χ1v) is 13.9. The summed E-state index contributed by atoms with van der Waals surface area (Å²) in [6.45, 7) is 0. The molecule has 0 atom stereocenters. The number of halogens is 6. The van der Waals surface area contributed by atoms with Crippen LogP contribution in [0.1, 0.15) is 31.8 Å². The van der Waals surface area contributed by atoms with Gasteiger partial charge < -0.3 is 10.6 Å². The number of carbonyl (C=O) groups excluding carboxylic acids is 2. The highest BCUT2D eigenvalue weighted by Crippen LogP contribution is 2.34. The molecular formula is C36H22F6N2O2. The molecule has 0 aliphatic rings. The van der Waals surface area contributed by atoms with E-state index < -0.39 is 35.3 Å². The molecule has 46 heavy (non-hydrogen) atoms. The first-order valence-electron chi connectivity index (χ1n) is 13.9. The van der Waals surface area contributed by atoms with Crippen LogP contribution in [0.5, 0.6) is 0 Å². The minimum absolute atomic E-state index is 0.0208. The van der Waals surface area contributed by atoms with E-state index in [2.05, 4.69) is 10.6 Å². The molecule has 0 heterocycles. The van der Waals surface area contributed by atoms with Crippen LogP contribution in [0, 0.1) is 0 Å². The predicted molar refractivity (Wildman–Crippen MR) is 166 cm³/mol. The summed E-state index contributed by atoms with van der Waals surface area (Å²) in [5.74, 6) is -1.11. The van der Waals surface area contributed by atoms with Crippen molar-refractivity contribution < 1.29 is 35.9 Å². The number of nitrogens with one attached hydrogen (secondary N) is 2. The molecule has 6 rings (SSSR count). The first-order chi connectivity index (χ1) is 21.9. The van der Waals surface area contributed by atoms with Crippen LogP contribution in [0.2, 0.25) is 0 Å². The quantitative estimate of drug-likeness (QED) is 0.187. The zero-order valence-electron chi connectivity index (χ0n) is 23.6. The van der Waals surface area contributed by atoms with E-state index in [1.807, 2.05) is 36.4 Å². The molecule has 2 N–H and O–H groups in total. The summed E-state index contributed by atoms with van der Waals surface area (Å²) in [6, 6.07) is 29.9. The van der Waals surface area contributed by atoms with E-state index in [9.17, 15) is 35.9 Å². The van der Waals surface area contributed by atoms with Gasteiger partial charge in [-0.15, -0.1) is 0 Å². The molecule has 0 spiro atoms. The zero-order chi connectivity index (χ0) is 32.6. The van der Waals surface area contributed by atoms with Crippen LogP contribution >= 0.6 is 0 Å². The summed E-state index contributed by atoms with van der Waals surface area (Å²) in [6.07, 6.45) is -9.08. The van der Waals surface area contributed by atoms with E-state index in [1.165, 1.54) is 24.3 Å². The zero-order valence-corrected chi connectivity index (χ0v) is 23.6. The van der Waals surface area contributed by atoms with Crippen LogP contribution in [0.4, 0.5) is 37.7 Å². The number of hydrogen-bond donors (Lipinski definition) is 2. The van der Waals surface area contributed by atoms with E-state index >= 15 is 0 Å². The lowest BCUT2D eigenvalue weighted by molar-refractivity contribution is -0.138. The lowest BCUT2D eigenvalue weighted by Gasteiger charge is -2.13. The van der Waals surface area contributed by atoms with Crippen LogP contribution in [0.3, 0.4) is 0 Å². The number of hydrogen-bond acceptors (Lipinski definition) is 2. The Balaban J connectivity index is 1.26. The molecule has 0 aliphatic heterocycles. The molecule has 0 saturated carbocycles. The Morgan fingerprint density at radius 3 is 1.24 bits per heavy atom. The predicted octanol–water partition coefficient (Wildman–Crippen LogP) is 10.2. The summed E-state index contributed by atoms with van der Waals surface area (Å²) in [4.78, 5) is 26.2. The highest BCUT2D eigenvalue weighted by molar-refractivity contribution is 6.14. The number of carbonyl (C=O) groups is 2. The first kappa shape index (κ1) is 30.4. The van der Waals surface area contributed by atoms with Gasteiger partial charge in [0.15, 0.2) is 0 Å². The third-order valence-corrected chi connectivity index (χ3v) is 7.48. The van der Waals surface area contributed by atoms with E-state index in [4.69, 9.17) is 0 Å². The Labute approximate surface area is 258 Å². The third kappa shape index (κ3) is 6.28. The summed E-state index contributed by atoms with van der Waals surface area (Å²) in [7, 11) is 0. The van der Waals surface area contributed by atoms with Crippen LogP contribution in [-0.2, 0) is 12.4 Å². The molecule has 4 nitrogen and oxygen atoms in total. The summed E-state index contributed by atoms with van der Waals surface area (Å²) in [5.41, 5.74) is 0.499. The van der Waals surface area contributed by atoms with Gasteiger partial charge >= 0.3 is 12.4 Å². The topological polar surface area (TPSA) is 58.2 Å². The van der Waals surface area contributed by atoms with E-state index in [-0.39, 0.29) is 22.5 Å². The Bertz CT molecular complexity index is 1980. The van der Waals surface area contributed by atoms with Gasteiger partial charge in [-0.25, -0.2) is 0 Å². The van der Waals surface area contributed by atoms with Crippen LogP contribution < -0.4 is 10.6 Å². The van der Waals surface area contributed by atoms with Gasteiger partial charge in [-0.2, -0.15) is 26.3 Å². The second-order valence-corrected chi connectivity index (χ2v) is 10.5. The number of amides is 2. The van der Waals surface area contributed by atoms with Gasteiger partial charge in [0.25, 0.3) is 11.8 Å². The van der Waals surface area contributed by atoms with Crippen molar-refractivity contribution in [2.45, 2.75) is 12.4 Å².